The summed E-state index contributed by atoms with van der Waals surface area (Å²) in [5.41, 5.74) is 0.716. The van der Waals surface area contributed by atoms with E-state index in [0.717, 1.165) is 0 Å². The zero-order chi connectivity index (χ0) is 14.5. The Balaban J connectivity index is 2.88. The average Bonchev–Trinajstić information content (AvgIpc) is 2.27. The molecule has 1 amide bonds. The number of carbonyl (C=O) groups is 1. The largest absolute Gasteiger partial charge is 0.444 e. The van der Waals surface area contributed by atoms with E-state index in [1.807, 2.05) is 0 Å². The van der Waals surface area contributed by atoms with Crippen LogP contribution in [0.4, 0.5) is 10.5 Å². The van der Waals surface area contributed by atoms with Crippen molar-refractivity contribution in [1.29, 1.82) is 0 Å². The first-order valence-corrected chi connectivity index (χ1v) is 6.26. The number of ether oxygens (including phenoxy) is 1. The van der Waals surface area contributed by atoms with E-state index in [9.17, 15) is 4.79 Å². The van der Waals surface area contributed by atoms with Gasteiger partial charge in [-0.05, 0) is 44.5 Å². The number of rotatable bonds is 3. The van der Waals surface area contributed by atoms with Gasteiger partial charge in [-0.3, -0.25) is 5.32 Å². The average molecular weight is 284 g/mol. The number of benzene rings is 1. The number of aliphatic hydroxyl groups excluding tert-OH is 1. The maximum atomic E-state index is 11.7. The van der Waals surface area contributed by atoms with Crippen molar-refractivity contribution in [3.8, 4) is 0 Å². The Labute approximate surface area is 118 Å². The molecule has 1 rings (SSSR count). The summed E-state index contributed by atoms with van der Waals surface area (Å²) in [5, 5.41) is 12.0. The van der Waals surface area contributed by atoms with Gasteiger partial charge in [-0.2, -0.15) is 0 Å². The van der Waals surface area contributed by atoms with E-state index >= 15 is 0 Å². The number of aliphatic hydroxyl groups is 1. The van der Waals surface area contributed by atoms with Gasteiger partial charge in [0.25, 0.3) is 0 Å². The van der Waals surface area contributed by atoms with Crippen molar-refractivity contribution in [2.45, 2.75) is 26.4 Å². The van der Waals surface area contributed by atoms with Crippen LogP contribution in [-0.2, 0) is 4.74 Å². The fourth-order valence-corrected chi connectivity index (χ4v) is 1.56. The molecule has 0 aliphatic heterocycles. The number of hydrogen-bond donors (Lipinski definition) is 2. The minimum absolute atomic E-state index is 0.0849. The van der Waals surface area contributed by atoms with Gasteiger partial charge in [-0.1, -0.05) is 23.8 Å². The molecule has 1 aromatic carbocycles. The first kappa shape index (κ1) is 15.5. The highest BCUT2D eigenvalue weighted by atomic mass is 35.5. The molecule has 0 saturated heterocycles. The molecular formula is C14H18ClNO3. The van der Waals surface area contributed by atoms with Crippen LogP contribution in [-0.4, -0.2) is 23.4 Å². The van der Waals surface area contributed by atoms with Crippen molar-refractivity contribution < 1.29 is 14.6 Å². The van der Waals surface area contributed by atoms with Crippen LogP contribution in [0, 0.1) is 0 Å². The Kier molecular flexibility index (Phi) is 5.39. The van der Waals surface area contributed by atoms with Crippen LogP contribution in [0.25, 0.3) is 6.08 Å². The number of anilines is 1. The smallest absolute Gasteiger partial charge is 0.412 e. The molecule has 2 N–H and O–H groups in total. The monoisotopic (exact) mass is 283 g/mol. The highest BCUT2D eigenvalue weighted by molar-refractivity contribution is 6.30. The summed E-state index contributed by atoms with van der Waals surface area (Å²) >= 11 is 5.90. The number of amides is 1. The summed E-state index contributed by atoms with van der Waals surface area (Å²) in [6.45, 7) is 5.29. The molecule has 0 aliphatic carbocycles. The SMILES string of the molecule is CC(C)(C)OC(=O)Nc1ccc(Cl)cc1/C=C/CO. The molecule has 0 spiro atoms. The minimum Gasteiger partial charge on any atom is -0.444 e. The number of carbonyl (C=O) groups excluding carboxylic acids is 1. The standard InChI is InChI=1S/C14H18ClNO3/c1-14(2,3)19-13(18)16-12-7-6-11(15)9-10(12)5-4-8-17/h4-7,9,17H,8H2,1-3H3,(H,16,18)/b5-4+. The molecule has 0 aromatic heterocycles. The summed E-state index contributed by atoms with van der Waals surface area (Å²) in [6.07, 6.45) is 2.71. The van der Waals surface area contributed by atoms with E-state index in [-0.39, 0.29) is 6.61 Å². The highest BCUT2D eigenvalue weighted by Gasteiger charge is 2.16. The molecule has 104 valence electrons. The molecular weight excluding hydrogens is 266 g/mol. The van der Waals surface area contributed by atoms with E-state index in [2.05, 4.69) is 5.32 Å². The van der Waals surface area contributed by atoms with Crippen LogP contribution in [0.2, 0.25) is 5.02 Å². The molecule has 0 atom stereocenters. The predicted octanol–water partition coefficient (Wildman–Crippen LogP) is 3.69. The zero-order valence-electron chi connectivity index (χ0n) is 11.2. The highest BCUT2D eigenvalue weighted by Crippen LogP contribution is 2.22. The molecule has 0 fully saturated rings. The Bertz CT molecular complexity index is 478. The quantitative estimate of drug-likeness (QED) is 0.889. The zero-order valence-corrected chi connectivity index (χ0v) is 12.0. The van der Waals surface area contributed by atoms with Crippen LogP contribution in [0.3, 0.4) is 0 Å². The van der Waals surface area contributed by atoms with Crippen LogP contribution in [0.15, 0.2) is 24.3 Å². The van der Waals surface area contributed by atoms with Crippen LogP contribution < -0.4 is 5.32 Å². The first-order chi connectivity index (χ1) is 8.81. The fourth-order valence-electron chi connectivity index (χ4n) is 1.38. The molecule has 0 heterocycles. The van der Waals surface area contributed by atoms with E-state index in [0.29, 0.717) is 16.3 Å². The van der Waals surface area contributed by atoms with Crippen LogP contribution in [0.1, 0.15) is 26.3 Å². The number of halogens is 1. The summed E-state index contributed by atoms with van der Waals surface area (Å²) < 4.78 is 5.17. The van der Waals surface area contributed by atoms with Crippen molar-refractivity contribution in [1.82, 2.24) is 0 Å². The second-order valence-corrected chi connectivity index (χ2v) is 5.38. The van der Waals surface area contributed by atoms with Gasteiger partial charge in [-0.25, -0.2) is 4.79 Å². The lowest BCUT2D eigenvalue weighted by atomic mass is 10.1. The van der Waals surface area contributed by atoms with Crippen molar-refractivity contribution in [3.63, 3.8) is 0 Å². The Morgan fingerprint density at radius 3 is 2.74 bits per heavy atom. The van der Waals surface area contributed by atoms with Crippen molar-refractivity contribution in [2.24, 2.45) is 0 Å². The Morgan fingerprint density at radius 1 is 1.47 bits per heavy atom. The van der Waals surface area contributed by atoms with Gasteiger partial charge >= 0.3 is 6.09 Å². The molecule has 4 nitrogen and oxygen atoms in total. The molecule has 0 radical (unpaired) electrons. The summed E-state index contributed by atoms with van der Waals surface area (Å²) in [4.78, 5) is 11.7. The number of nitrogens with one attached hydrogen (secondary N) is 1. The third-order valence-corrected chi connectivity index (χ3v) is 2.29. The van der Waals surface area contributed by atoms with Gasteiger partial charge in [0.2, 0.25) is 0 Å². The fraction of sp³-hybridized carbons (Fsp3) is 0.357. The van der Waals surface area contributed by atoms with Gasteiger partial charge in [0.15, 0.2) is 0 Å². The molecule has 0 bridgehead atoms. The third-order valence-electron chi connectivity index (χ3n) is 2.05. The predicted molar refractivity (Wildman–Crippen MR) is 77.4 cm³/mol. The van der Waals surface area contributed by atoms with E-state index < -0.39 is 11.7 Å². The van der Waals surface area contributed by atoms with Crippen LogP contribution >= 0.6 is 11.6 Å². The summed E-state index contributed by atoms with van der Waals surface area (Å²) in [7, 11) is 0. The van der Waals surface area contributed by atoms with E-state index in [1.54, 1.807) is 51.1 Å². The van der Waals surface area contributed by atoms with Gasteiger partial charge in [0.05, 0.1) is 12.3 Å². The molecule has 5 heteroatoms. The first-order valence-electron chi connectivity index (χ1n) is 5.89. The third kappa shape index (κ3) is 5.77. The number of hydrogen-bond acceptors (Lipinski definition) is 3. The summed E-state index contributed by atoms with van der Waals surface area (Å²) in [5.74, 6) is 0. The second kappa shape index (κ2) is 6.59. The van der Waals surface area contributed by atoms with Gasteiger partial charge in [0.1, 0.15) is 5.60 Å². The maximum Gasteiger partial charge on any atom is 0.412 e. The van der Waals surface area contributed by atoms with E-state index in [1.165, 1.54) is 0 Å². The molecule has 0 unspecified atom stereocenters. The van der Waals surface area contributed by atoms with Crippen molar-refractivity contribution in [2.75, 3.05) is 11.9 Å². The molecule has 0 aliphatic rings. The normalized spacial score (nSPS) is 11.6. The molecule has 19 heavy (non-hydrogen) atoms. The lowest BCUT2D eigenvalue weighted by molar-refractivity contribution is 0.0636. The van der Waals surface area contributed by atoms with Crippen molar-refractivity contribution >= 4 is 29.5 Å². The Morgan fingerprint density at radius 2 is 2.16 bits per heavy atom. The van der Waals surface area contributed by atoms with E-state index in [4.69, 9.17) is 21.4 Å². The van der Waals surface area contributed by atoms with Crippen LogP contribution in [0.5, 0.6) is 0 Å². The maximum absolute atomic E-state index is 11.7. The topological polar surface area (TPSA) is 58.6 Å². The van der Waals surface area contributed by atoms with Gasteiger partial charge in [-0.15, -0.1) is 0 Å². The minimum atomic E-state index is -0.558. The van der Waals surface area contributed by atoms with Crippen molar-refractivity contribution in [3.05, 3.63) is 34.9 Å². The molecule has 0 saturated carbocycles. The second-order valence-electron chi connectivity index (χ2n) is 4.94. The van der Waals surface area contributed by atoms with Gasteiger partial charge < -0.3 is 9.84 Å². The Hall–Kier alpha value is -1.52. The lowest BCUT2D eigenvalue weighted by Gasteiger charge is -2.20. The molecule has 1 aromatic rings. The lowest BCUT2D eigenvalue weighted by Crippen LogP contribution is -2.27. The summed E-state index contributed by atoms with van der Waals surface area (Å²) in [6, 6.07) is 5.05. The van der Waals surface area contributed by atoms with Gasteiger partial charge in [0, 0.05) is 5.02 Å².